The Hall–Kier alpha value is -0.570. The first kappa shape index (κ1) is 10.5. The third-order valence-electron chi connectivity index (χ3n) is 2.66. The smallest absolute Gasteiger partial charge is 0.311 e. The molecule has 2 atom stereocenters. The van der Waals surface area contributed by atoms with Crippen molar-refractivity contribution in [1.82, 2.24) is 0 Å². The van der Waals surface area contributed by atoms with E-state index in [4.69, 9.17) is 0 Å². The Morgan fingerprint density at radius 2 is 2.00 bits per heavy atom. The van der Waals surface area contributed by atoms with Crippen LogP contribution >= 0.6 is 0 Å². The van der Waals surface area contributed by atoms with E-state index in [2.05, 4.69) is 4.74 Å². The van der Waals surface area contributed by atoms with Crippen LogP contribution in [0, 0.1) is 17.8 Å². The number of hydrogen-bond donors (Lipinski definition) is 1. The summed E-state index contributed by atoms with van der Waals surface area (Å²) in [7, 11) is 1.37. The van der Waals surface area contributed by atoms with Crippen molar-refractivity contribution in [2.75, 3.05) is 7.11 Å². The van der Waals surface area contributed by atoms with Gasteiger partial charge in [0.25, 0.3) is 0 Å². The van der Waals surface area contributed by atoms with Crippen molar-refractivity contribution in [3.63, 3.8) is 0 Å². The zero-order chi connectivity index (χ0) is 10.0. The zero-order valence-corrected chi connectivity index (χ0v) is 8.49. The van der Waals surface area contributed by atoms with Gasteiger partial charge in [-0.25, -0.2) is 0 Å². The van der Waals surface area contributed by atoms with Gasteiger partial charge in [-0.3, -0.25) is 4.79 Å². The molecule has 1 N–H and O–H groups in total. The zero-order valence-electron chi connectivity index (χ0n) is 8.49. The molecule has 0 saturated heterocycles. The standard InChI is InChI=1S/C10H18O3/c1-6(2)8(10(12)13-3)9(11)7-4-5-7/h6-9,11H,4-5H2,1-3H3. The van der Waals surface area contributed by atoms with Crippen molar-refractivity contribution >= 4 is 5.97 Å². The molecule has 2 unspecified atom stereocenters. The van der Waals surface area contributed by atoms with Gasteiger partial charge in [-0.05, 0) is 24.7 Å². The largest absolute Gasteiger partial charge is 0.469 e. The summed E-state index contributed by atoms with van der Waals surface area (Å²) in [6.07, 6.45) is 1.58. The fourth-order valence-corrected chi connectivity index (χ4v) is 1.67. The molecule has 0 aliphatic heterocycles. The highest BCUT2D eigenvalue weighted by Crippen LogP contribution is 2.38. The van der Waals surface area contributed by atoms with Gasteiger partial charge < -0.3 is 9.84 Å². The Kier molecular flexibility index (Phi) is 3.31. The van der Waals surface area contributed by atoms with Gasteiger partial charge in [0.2, 0.25) is 0 Å². The SMILES string of the molecule is COC(=O)C(C(C)C)C(O)C1CC1. The molecule has 1 saturated carbocycles. The average molecular weight is 186 g/mol. The van der Waals surface area contributed by atoms with Gasteiger partial charge in [0, 0.05) is 0 Å². The molecule has 76 valence electrons. The minimum atomic E-state index is -0.507. The van der Waals surface area contributed by atoms with E-state index in [1.165, 1.54) is 7.11 Å². The number of aliphatic hydroxyl groups is 1. The molecule has 0 heterocycles. The van der Waals surface area contributed by atoms with Crippen LogP contribution in [-0.2, 0) is 9.53 Å². The molecular formula is C10H18O3. The molecular weight excluding hydrogens is 168 g/mol. The summed E-state index contributed by atoms with van der Waals surface area (Å²) in [5, 5.41) is 9.82. The maximum Gasteiger partial charge on any atom is 0.311 e. The second kappa shape index (κ2) is 4.09. The summed E-state index contributed by atoms with van der Waals surface area (Å²) in [6.45, 7) is 3.88. The highest BCUT2D eigenvalue weighted by molar-refractivity contribution is 5.73. The number of esters is 1. The Bertz CT molecular complexity index is 185. The normalized spacial score (nSPS) is 21.3. The van der Waals surface area contributed by atoms with Gasteiger partial charge in [0.15, 0.2) is 0 Å². The minimum Gasteiger partial charge on any atom is -0.469 e. The lowest BCUT2D eigenvalue weighted by Crippen LogP contribution is -2.34. The summed E-state index contributed by atoms with van der Waals surface area (Å²) in [5.41, 5.74) is 0. The fraction of sp³-hybridized carbons (Fsp3) is 0.900. The molecule has 0 aromatic rings. The van der Waals surface area contributed by atoms with E-state index in [0.717, 1.165) is 12.8 Å². The second-order valence-electron chi connectivity index (χ2n) is 4.12. The monoisotopic (exact) mass is 186 g/mol. The van der Waals surface area contributed by atoms with Crippen LogP contribution in [0.15, 0.2) is 0 Å². The van der Waals surface area contributed by atoms with Crippen molar-refractivity contribution in [3.05, 3.63) is 0 Å². The van der Waals surface area contributed by atoms with Crippen LogP contribution in [0.25, 0.3) is 0 Å². The van der Waals surface area contributed by atoms with Gasteiger partial charge in [0.05, 0.1) is 19.1 Å². The lowest BCUT2D eigenvalue weighted by molar-refractivity contribution is -0.152. The lowest BCUT2D eigenvalue weighted by Gasteiger charge is -2.23. The van der Waals surface area contributed by atoms with Crippen molar-refractivity contribution in [3.8, 4) is 0 Å². The van der Waals surface area contributed by atoms with Crippen LogP contribution in [0.5, 0.6) is 0 Å². The minimum absolute atomic E-state index is 0.142. The van der Waals surface area contributed by atoms with Crippen molar-refractivity contribution in [2.45, 2.75) is 32.8 Å². The summed E-state index contributed by atoms with van der Waals surface area (Å²) >= 11 is 0. The van der Waals surface area contributed by atoms with Crippen LogP contribution in [-0.4, -0.2) is 24.3 Å². The van der Waals surface area contributed by atoms with Crippen LogP contribution in [0.1, 0.15) is 26.7 Å². The van der Waals surface area contributed by atoms with Gasteiger partial charge in [0.1, 0.15) is 0 Å². The van der Waals surface area contributed by atoms with Gasteiger partial charge in [-0.1, -0.05) is 13.8 Å². The first-order valence-corrected chi connectivity index (χ1v) is 4.83. The van der Waals surface area contributed by atoms with Crippen LogP contribution in [0.3, 0.4) is 0 Å². The number of carbonyl (C=O) groups is 1. The third-order valence-corrected chi connectivity index (χ3v) is 2.66. The average Bonchev–Trinajstić information content (AvgIpc) is 2.85. The molecule has 1 aliphatic rings. The Balaban J connectivity index is 2.59. The first-order chi connectivity index (χ1) is 6.07. The molecule has 1 aliphatic carbocycles. The Morgan fingerprint density at radius 1 is 1.46 bits per heavy atom. The fourth-order valence-electron chi connectivity index (χ4n) is 1.67. The first-order valence-electron chi connectivity index (χ1n) is 4.83. The van der Waals surface area contributed by atoms with E-state index in [9.17, 15) is 9.90 Å². The second-order valence-corrected chi connectivity index (χ2v) is 4.12. The number of aliphatic hydroxyl groups excluding tert-OH is 1. The summed E-state index contributed by atoms with van der Waals surface area (Å²) in [6, 6.07) is 0. The number of hydrogen-bond acceptors (Lipinski definition) is 3. The van der Waals surface area contributed by atoms with Crippen LogP contribution in [0.4, 0.5) is 0 Å². The molecule has 13 heavy (non-hydrogen) atoms. The summed E-state index contributed by atoms with van der Waals surface area (Å²) < 4.78 is 4.67. The number of carbonyl (C=O) groups excluding carboxylic acids is 1. The lowest BCUT2D eigenvalue weighted by atomic mass is 9.88. The summed E-state index contributed by atoms with van der Waals surface area (Å²) in [4.78, 5) is 11.3. The van der Waals surface area contributed by atoms with Crippen molar-refractivity contribution in [2.24, 2.45) is 17.8 Å². The van der Waals surface area contributed by atoms with Crippen LogP contribution < -0.4 is 0 Å². The molecule has 0 spiro atoms. The molecule has 0 aromatic heterocycles. The van der Waals surface area contributed by atoms with E-state index < -0.39 is 6.10 Å². The Labute approximate surface area is 79.1 Å². The number of methoxy groups -OCH3 is 1. The molecule has 0 bridgehead atoms. The van der Waals surface area contributed by atoms with E-state index in [1.807, 2.05) is 13.8 Å². The van der Waals surface area contributed by atoms with E-state index in [-0.39, 0.29) is 17.8 Å². The number of rotatable bonds is 4. The van der Waals surface area contributed by atoms with Crippen molar-refractivity contribution < 1.29 is 14.6 Å². The topological polar surface area (TPSA) is 46.5 Å². The van der Waals surface area contributed by atoms with Gasteiger partial charge in [-0.15, -0.1) is 0 Å². The van der Waals surface area contributed by atoms with E-state index in [0.29, 0.717) is 5.92 Å². The van der Waals surface area contributed by atoms with E-state index >= 15 is 0 Å². The quantitative estimate of drug-likeness (QED) is 0.671. The molecule has 3 nitrogen and oxygen atoms in total. The molecule has 3 heteroatoms. The highest BCUT2D eigenvalue weighted by atomic mass is 16.5. The summed E-state index contributed by atoms with van der Waals surface area (Å²) in [5.74, 6) is -0.165. The number of ether oxygens (including phenoxy) is 1. The maximum atomic E-state index is 11.3. The molecule has 0 radical (unpaired) electrons. The third kappa shape index (κ3) is 2.44. The predicted octanol–water partition coefficient (Wildman–Crippen LogP) is 1.20. The van der Waals surface area contributed by atoms with Crippen molar-refractivity contribution in [1.29, 1.82) is 0 Å². The molecule has 1 fully saturated rings. The highest BCUT2D eigenvalue weighted by Gasteiger charge is 2.40. The molecule has 0 amide bonds. The van der Waals surface area contributed by atoms with E-state index in [1.54, 1.807) is 0 Å². The maximum absolute atomic E-state index is 11.3. The molecule has 0 aromatic carbocycles. The van der Waals surface area contributed by atoms with Crippen LogP contribution in [0.2, 0.25) is 0 Å². The predicted molar refractivity (Wildman–Crippen MR) is 49.1 cm³/mol. The molecule has 1 rings (SSSR count). The Morgan fingerprint density at radius 3 is 2.31 bits per heavy atom. The van der Waals surface area contributed by atoms with Gasteiger partial charge >= 0.3 is 5.97 Å². The van der Waals surface area contributed by atoms with Gasteiger partial charge in [-0.2, -0.15) is 0 Å².